The van der Waals surface area contributed by atoms with Crippen LogP contribution >= 0.6 is 11.8 Å². The largest absolute Gasteiger partial charge is 0.336 e. The predicted molar refractivity (Wildman–Crippen MR) is 120 cm³/mol. The first-order chi connectivity index (χ1) is 14.7. The number of piperazine rings is 1. The summed E-state index contributed by atoms with van der Waals surface area (Å²) in [5.41, 5.74) is 1.45. The van der Waals surface area contributed by atoms with E-state index in [4.69, 9.17) is 0 Å². The Morgan fingerprint density at radius 2 is 1.23 bits per heavy atom. The summed E-state index contributed by atoms with van der Waals surface area (Å²) in [6.45, 7) is 3.11. The standard InChI is InChI=1S/C25H24N2O2S/c28-24(20-11-13-23(14-12-20)30-22-9-5-2-6-10-22)19-26-15-17-27(18-16-26)25(29)21-7-3-1-4-8-21/h1-14H,15-19H2. The molecule has 0 saturated carbocycles. The SMILES string of the molecule is O=C(CN1CCN(C(=O)c2ccccc2)CC1)c1ccc(Sc2ccccc2)cc1. The van der Waals surface area contributed by atoms with Gasteiger partial charge in [0.25, 0.3) is 5.91 Å². The van der Waals surface area contributed by atoms with Crippen LogP contribution in [0.5, 0.6) is 0 Å². The van der Waals surface area contributed by atoms with Crippen LogP contribution in [0.25, 0.3) is 0 Å². The highest BCUT2D eigenvalue weighted by Gasteiger charge is 2.23. The topological polar surface area (TPSA) is 40.6 Å². The average molecular weight is 417 g/mol. The number of carbonyl (C=O) groups excluding carboxylic acids is 2. The Kier molecular flexibility index (Phi) is 6.62. The highest BCUT2D eigenvalue weighted by atomic mass is 32.2. The van der Waals surface area contributed by atoms with E-state index in [1.54, 1.807) is 11.8 Å². The van der Waals surface area contributed by atoms with E-state index in [0.717, 1.165) is 16.0 Å². The molecule has 0 spiro atoms. The van der Waals surface area contributed by atoms with Gasteiger partial charge in [-0.3, -0.25) is 14.5 Å². The lowest BCUT2D eigenvalue weighted by molar-refractivity contribution is 0.0624. The van der Waals surface area contributed by atoms with Crippen LogP contribution in [0.3, 0.4) is 0 Å². The van der Waals surface area contributed by atoms with Crippen LogP contribution < -0.4 is 0 Å². The van der Waals surface area contributed by atoms with Gasteiger partial charge in [-0.25, -0.2) is 0 Å². The molecule has 5 heteroatoms. The normalized spacial score (nSPS) is 14.5. The third-order valence-corrected chi connectivity index (χ3v) is 6.22. The highest BCUT2D eigenvalue weighted by Crippen LogP contribution is 2.27. The molecule has 0 bridgehead atoms. The zero-order valence-corrected chi connectivity index (χ0v) is 17.6. The summed E-state index contributed by atoms with van der Waals surface area (Å²) < 4.78 is 0. The number of ketones is 1. The van der Waals surface area contributed by atoms with E-state index in [9.17, 15) is 9.59 Å². The van der Waals surface area contributed by atoms with Crippen LogP contribution in [0.15, 0.2) is 94.7 Å². The number of hydrogen-bond acceptors (Lipinski definition) is 4. The molecule has 3 aromatic carbocycles. The van der Waals surface area contributed by atoms with Crippen LogP contribution in [0.2, 0.25) is 0 Å². The lowest BCUT2D eigenvalue weighted by atomic mass is 10.1. The first-order valence-corrected chi connectivity index (χ1v) is 10.9. The number of hydrogen-bond donors (Lipinski definition) is 0. The molecule has 0 radical (unpaired) electrons. The summed E-state index contributed by atoms with van der Waals surface area (Å²) in [5.74, 6) is 0.183. The van der Waals surface area contributed by atoms with Crippen LogP contribution in [0.4, 0.5) is 0 Å². The van der Waals surface area contributed by atoms with Gasteiger partial charge in [-0.1, -0.05) is 60.3 Å². The third kappa shape index (κ3) is 5.17. The molecule has 152 valence electrons. The van der Waals surface area contributed by atoms with Crippen LogP contribution in [0.1, 0.15) is 20.7 Å². The molecule has 0 aromatic heterocycles. The number of carbonyl (C=O) groups is 2. The van der Waals surface area contributed by atoms with Gasteiger partial charge >= 0.3 is 0 Å². The van der Waals surface area contributed by atoms with Gasteiger partial charge < -0.3 is 4.90 Å². The zero-order chi connectivity index (χ0) is 20.8. The van der Waals surface area contributed by atoms with Gasteiger partial charge in [0.15, 0.2) is 5.78 Å². The Hall–Kier alpha value is -2.89. The maximum Gasteiger partial charge on any atom is 0.253 e. The van der Waals surface area contributed by atoms with Gasteiger partial charge in [-0.15, -0.1) is 0 Å². The Balaban J connectivity index is 1.28. The second-order valence-corrected chi connectivity index (χ2v) is 8.44. The molecule has 4 nitrogen and oxygen atoms in total. The summed E-state index contributed by atoms with van der Waals surface area (Å²) in [5, 5.41) is 0. The Bertz CT molecular complexity index is 983. The van der Waals surface area contributed by atoms with Crippen molar-refractivity contribution in [2.24, 2.45) is 0 Å². The van der Waals surface area contributed by atoms with Gasteiger partial charge in [-0.05, 0) is 36.4 Å². The molecular weight excluding hydrogens is 392 g/mol. The molecule has 0 unspecified atom stereocenters. The smallest absolute Gasteiger partial charge is 0.253 e. The number of nitrogens with zero attached hydrogens (tertiary/aromatic N) is 2. The molecule has 1 amide bonds. The van der Waals surface area contributed by atoms with E-state index < -0.39 is 0 Å². The quantitative estimate of drug-likeness (QED) is 0.556. The van der Waals surface area contributed by atoms with Crippen LogP contribution in [0, 0.1) is 0 Å². The minimum absolute atomic E-state index is 0.0630. The minimum atomic E-state index is 0.0630. The lowest BCUT2D eigenvalue weighted by Crippen LogP contribution is -2.49. The van der Waals surface area contributed by atoms with Crippen molar-refractivity contribution in [3.05, 3.63) is 96.1 Å². The van der Waals surface area contributed by atoms with Crippen molar-refractivity contribution >= 4 is 23.5 Å². The maximum absolute atomic E-state index is 12.7. The van der Waals surface area contributed by atoms with Gasteiger partial charge in [0.2, 0.25) is 0 Å². The van der Waals surface area contributed by atoms with E-state index in [1.807, 2.05) is 77.7 Å². The Morgan fingerprint density at radius 3 is 1.87 bits per heavy atom. The van der Waals surface area contributed by atoms with Crippen LogP contribution in [-0.2, 0) is 0 Å². The van der Waals surface area contributed by atoms with Crippen molar-refractivity contribution < 1.29 is 9.59 Å². The summed E-state index contributed by atoms with van der Waals surface area (Å²) in [4.78, 5) is 31.5. The molecule has 1 aliphatic heterocycles. The number of Topliss-reactive ketones (excluding diaryl/α,β-unsaturated/α-hetero) is 1. The second kappa shape index (κ2) is 9.74. The first-order valence-electron chi connectivity index (χ1n) is 10.1. The molecule has 3 aromatic rings. The monoisotopic (exact) mass is 416 g/mol. The number of rotatable bonds is 6. The predicted octanol–water partition coefficient (Wildman–Crippen LogP) is 4.48. The zero-order valence-electron chi connectivity index (χ0n) is 16.7. The third-order valence-electron chi connectivity index (χ3n) is 5.20. The van der Waals surface area contributed by atoms with Crippen LogP contribution in [-0.4, -0.2) is 54.2 Å². The van der Waals surface area contributed by atoms with E-state index in [1.165, 1.54) is 4.90 Å². The Labute approximate surface area is 181 Å². The molecule has 0 N–H and O–H groups in total. The Morgan fingerprint density at radius 1 is 0.667 bits per heavy atom. The van der Waals surface area contributed by atoms with Gasteiger partial charge in [-0.2, -0.15) is 0 Å². The minimum Gasteiger partial charge on any atom is -0.336 e. The van der Waals surface area contributed by atoms with E-state index in [-0.39, 0.29) is 11.7 Å². The van der Waals surface area contributed by atoms with Crippen molar-refractivity contribution in [1.29, 1.82) is 0 Å². The van der Waals surface area contributed by atoms with Crippen molar-refractivity contribution in [1.82, 2.24) is 9.80 Å². The molecular formula is C25H24N2O2S. The van der Waals surface area contributed by atoms with Gasteiger partial charge in [0.05, 0.1) is 6.54 Å². The highest BCUT2D eigenvalue weighted by molar-refractivity contribution is 7.99. The maximum atomic E-state index is 12.7. The number of benzene rings is 3. The fourth-order valence-corrected chi connectivity index (χ4v) is 4.34. The van der Waals surface area contributed by atoms with E-state index in [0.29, 0.717) is 32.7 Å². The molecule has 0 atom stereocenters. The summed E-state index contributed by atoms with van der Waals surface area (Å²) in [6, 6.07) is 27.4. The second-order valence-electron chi connectivity index (χ2n) is 7.30. The summed E-state index contributed by atoms with van der Waals surface area (Å²) >= 11 is 1.69. The molecule has 0 aliphatic carbocycles. The molecule has 1 fully saturated rings. The van der Waals surface area contributed by atoms with Crippen molar-refractivity contribution in [2.75, 3.05) is 32.7 Å². The van der Waals surface area contributed by atoms with Crippen molar-refractivity contribution in [2.45, 2.75) is 9.79 Å². The van der Waals surface area contributed by atoms with Gasteiger partial charge in [0.1, 0.15) is 0 Å². The van der Waals surface area contributed by atoms with E-state index in [2.05, 4.69) is 17.0 Å². The molecule has 1 heterocycles. The molecule has 4 rings (SSSR count). The fraction of sp³-hybridized carbons (Fsp3) is 0.200. The summed E-state index contributed by atoms with van der Waals surface area (Å²) in [6.07, 6.45) is 0. The lowest BCUT2D eigenvalue weighted by Gasteiger charge is -2.34. The summed E-state index contributed by atoms with van der Waals surface area (Å²) in [7, 11) is 0. The van der Waals surface area contributed by atoms with Crippen molar-refractivity contribution in [3.63, 3.8) is 0 Å². The van der Waals surface area contributed by atoms with Gasteiger partial charge in [0, 0.05) is 47.1 Å². The van der Waals surface area contributed by atoms with E-state index >= 15 is 0 Å². The fourth-order valence-electron chi connectivity index (χ4n) is 3.50. The molecule has 30 heavy (non-hydrogen) atoms. The first kappa shape index (κ1) is 20.4. The molecule has 1 saturated heterocycles. The number of amides is 1. The molecule has 1 aliphatic rings. The average Bonchev–Trinajstić information content (AvgIpc) is 2.81. The van der Waals surface area contributed by atoms with Crippen molar-refractivity contribution in [3.8, 4) is 0 Å².